The highest BCUT2D eigenvalue weighted by Gasteiger charge is 2.46. The minimum Gasteiger partial charge on any atom is -0.382 e. The van der Waals surface area contributed by atoms with Gasteiger partial charge in [0.05, 0.1) is 12.4 Å². The fourth-order valence-corrected chi connectivity index (χ4v) is 5.75. The van der Waals surface area contributed by atoms with Gasteiger partial charge in [-0.25, -0.2) is 14.6 Å². The lowest BCUT2D eigenvalue weighted by Crippen LogP contribution is -2.44. The summed E-state index contributed by atoms with van der Waals surface area (Å²) in [7, 11) is 0. The zero-order valence-electron chi connectivity index (χ0n) is 18.5. The molecule has 1 saturated heterocycles. The van der Waals surface area contributed by atoms with E-state index in [4.69, 9.17) is 11.5 Å². The number of nitrogen functional groups attached to an aromatic ring is 1. The van der Waals surface area contributed by atoms with Crippen LogP contribution in [-0.2, 0) is 13.0 Å². The first-order valence-corrected chi connectivity index (χ1v) is 11.6. The number of benzene rings is 1. The van der Waals surface area contributed by atoms with Crippen molar-refractivity contribution in [2.75, 3.05) is 35.2 Å². The minimum absolute atomic E-state index is 0.0741. The molecule has 0 saturated carbocycles. The SMILES string of the molecule is Nc1nc(N2CCC3(CC2)Cc2ccccc2[C@H]3N)cnc1C(=O)N1CCCn2nccc21. The average Bonchev–Trinajstić information content (AvgIpc) is 3.42. The molecular formula is C24H28N8O. The largest absolute Gasteiger partial charge is 0.382 e. The van der Waals surface area contributed by atoms with Crippen molar-refractivity contribution in [1.29, 1.82) is 0 Å². The van der Waals surface area contributed by atoms with Gasteiger partial charge in [0.25, 0.3) is 5.91 Å². The molecule has 1 aromatic carbocycles. The van der Waals surface area contributed by atoms with Gasteiger partial charge in [-0.3, -0.25) is 9.69 Å². The number of carbonyl (C=O) groups excluding carboxylic acids is 1. The van der Waals surface area contributed by atoms with E-state index in [1.165, 1.54) is 11.1 Å². The predicted octanol–water partition coefficient (Wildman–Crippen LogP) is 2.15. The first-order chi connectivity index (χ1) is 16.1. The van der Waals surface area contributed by atoms with Crippen LogP contribution in [0.2, 0.25) is 0 Å². The number of fused-ring (bicyclic) bond motifs is 2. The van der Waals surface area contributed by atoms with Gasteiger partial charge in [0.15, 0.2) is 11.5 Å². The lowest BCUT2D eigenvalue weighted by Gasteiger charge is -2.42. The topological polar surface area (TPSA) is 119 Å². The summed E-state index contributed by atoms with van der Waals surface area (Å²) in [6.07, 6.45) is 7.23. The fraction of sp³-hybridized carbons (Fsp3) is 0.417. The third-order valence-corrected chi connectivity index (χ3v) is 7.63. The quantitative estimate of drug-likeness (QED) is 0.621. The molecule has 2 aromatic heterocycles. The summed E-state index contributed by atoms with van der Waals surface area (Å²) in [5.74, 6) is 1.41. The first-order valence-electron chi connectivity index (χ1n) is 11.6. The summed E-state index contributed by atoms with van der Waals surface area (Å²) >= 11 is 0. The molecule has 0 bridgehead atoms. The van der Waals surface area contributed by atoms with Gasteiger partial charge < -0.3 is 16.4 Å². The van der Waals surface area contributed by atoms with Crippen LogP contribution >= 0.6 is 0 Å². The summed E-state index contributed by atoms with van der Waals surface area (Å²) in [6.45, 7) is 3.10. The maximum atomic E-state index is 13.2. The summed E-state index contributed by atoms with van der Waals surface area (Å²) in [5, 5.41) is 4.27. The van der Waals surface area contributed by atoms with Crippen molar-refractivity contribution in [3.8, 4) is 0 Å². The Morgan fingerprint density at radius 2 is 1.91 bits per heavy atom. The Labute approximate surface area is 192 Å². The Kier molecular flexibility index (Phi) is 4.62. The van der Waals surface area contributed by atoms with Crippen molar-refractivity contribution in [1.82, 2.24) is 19.7 Å². The van der Waals surface area contributed by atoms with E-state index >= 15 is 0 Å². The van der Waals surface area contributed by atoms with Crippen molar-refractivity contribution in [2.45, 2.75) is 38.3 Å². The highest BCUT2D eigenvalue weighted by molar-refractivity contribution is 6.07. The number of anilines is 3. The van der Waals surface area contributed by atoms with E-state index in [0.717, 1.165) is 51.1 Å². The highest BCUT2D eigenvalue weighted by atomic mass is 16.2. The molecule has 0 unspecified atom stereocenters. The van der Waals surface area contributed by atoms with Gasteiger partial charge in [-0.05, 0) is 42.2 Å². The Morgan fingerprint density at radius 3 is 2.70 bits per heavy atom. The standard InChI is InChI=1S/C24H28N8O/c25-21-17-5-2-1-4-16(17)14-24(21)7-12-30(13-8-24)18-15-27-20(22(26)29-18)23(33)31-10-3-11-32-19(31)6-9-28-32/h1-2,4-6,9,15,21H,3,7-8,10-14,25H2,(H2,26,29)/t21-/m1/s1. The van der Waals surface area contributed by atoms with Crippen LogP contribution in [0.25, 0.3) is 0 Å². The molecule has 1 atom stereocenters. The lowest BCUT2D eigenvalue weighted by atomic mass is 9.73. The molecule has 3 aliphatic rings. The van der Waals surface area contributed by atoms with E-state index in [2.05, 4.69) is 44.2 Å². The van der Waals surface area contributed by atoms with Crippen LogP contribution < -0.4 is 21.3 Å². The summed E-state index contributed by atoms with van der Waals surface area (Å²) < 4.78 is 1.83. The number of hydrogen-bond acceptors (Lipinski definition) is 7. The van der Waals surface area contributed by atoms with Crippen molar-refractivity contribution >= 4 is 23.4 Å². The number of aromatic nitrogens is 4. The molecule has 33 heavy (non-hydrogen) atoms. The molecule has 1 spiro atoms. The van der Waals surface area contributed by atoms with E-state index in [1.54, 1.807) is 17.3 Å². The number of amides is 1. The third-order valence-electron chi connectivity index (χ3n) is 7.63. The smallest absolute Gasteiger partial charge is 0.281 e. The molecule has 6 rings (SSSR count). The van der Waals surface area contributed by atoms with Crippen LogP contribution in [0.4, 0.5) is 17.5 Å². The Balaban J connectivity index is 1.18. The van der Waals surface area contributed by atoms with Crippen molar-refractivity contribution in [2.24, 2.45) is 11.1 Å². The maximum absolute atomic E-state index is 13.2. The summed E-state index contributed by atoms with van der Waals surface area (Å²) in [6, 6.07) is 10.4. The monoisotopic (exact) mass is 444 g/mol. The van der Waals surface area contributed by atoms with Gasteiger partial charge in [0.2, 0.25) is 0 Å². The molecule has 1 aliphatic carbocycles. The molecule has 4 N–H and O–H groups in total. The van der Waals surface area contributed by atoms with Crippen molar-refractivity contribution in [3.05, 3.63) is 59.5 Å². The normalized spacial score (nSPS) is 21.2. The highest BCUT2D eigenvalue weighted by Crippen LogP contribution is 2.50. The second kappa shape index (κ2) is 7.55. The number of hydrogen-bond donors (Lipinski definition) is 2. The fourth-order valence-electron chi connectivity index (χ4n) is 5.75. The van der Waals surface area contributed by atoms with E-state index in [-0.39, 0.29) is 28.9 Å². The van der Waals surface area contributed by atoms with Gasteiger partial charge in [-0.2, -0.15) is 5.10 Å². The van der Waals surface area contributed by atoms with Crippen LogP contribution in [0.1, 0.15) is 46.9 Å². The predicted molar refractivity (Wildman–Crippen MR) is 126 cm³/mol. The number of piperidine rings is 1. The summed E-state index contributed by atoms with van der Waals surface area (Å²) in [4.78, 5) is 26.1. The third kappa shape index (κ3) is 3.18. The number of nitrogens with two attached hydrogens (primary N) is 2. The van der Waals surface area contributed by atoms with Crippen LogP contribution in [0.15, 0.2) is 42.7 Å². The number of carbonyl (C=O) groups is 1. The first kappa shape index (κ1) is 20.2. The second-order valence-corrected chi connectivity index (χ2v) is 9.39. The number of rotatable bonds is 2. The molecule has 3 aromatic rings. The van der Waals surface area contributed by atoms with Crippen molar-refractivity contribution < 1.29 is 4.79 Å². The number of nitrogens with zero attached hydrogens (tertiary/aromatic N) is 6. The molecule has 4 heterocycles. The second-order valence-electron chi connectivity index (χ2n) is 9.39. The lowest BCUT2D eigenvalue weighted by molar-refractivity contribution is 0.0977. The molecule has 1 fully saturated rings. The van der Waals surface area contributed by atoms with Crippen molar-refractivity contribution in [3.63, 3.8) is 0 Å². The van der Waals surface area contributed by atoms with Gasteiger partial charge in [-0.1, -0.05) is 24.3 Å². The Bertz CT molecular complexity index is 1210. The summed E-state index contributed by atoms with van der Waals surface area (Å²) in [5.41, 5.74) is 15.9. The van der Waals surface area contributed by atoms with Crippen LogP contribution in [-0.4, -0.2) is 45.3 Å². The van der Waals surface area contributed by atoms with Crippen LogP contribution in [0, 0.1) is 5.41 Å². The zero-order valence-corrected chi connectivity index (χ0v) is 18.5. The van der Waals surface area contributed by atoms with Gasteiger partial charge in [0.1, 0.15) is 11.6 Å². The van der Waals surface area contributed by atoms with Gasteiger partial charge >= 0.3 is 0 Å². The molecule has 2 aliphatic heterocycles. The van der Waals surface area contributed by atoms with E-state index < -0.39 is 0 Å². The Morgan fingerprint density at radius 1 is 1.09 bits per heavy atom. The van der Waals surface area contributed by atoms with E-state index in [1.807, 2.05) is 10.7 Å². The zero-order chi connectivity index (χ0) is 22.6. The van der Waals surface area contributed by atoms with Crippen LogP contribution in [0.5, 0.6) is 0 Å². The molecule has 9 heteroatoms. The van der Waals surface area contributed by atoms with Crippen LogP contribution in [0.3, 0.4) is 0 Å². The molecular weight excluding hydrogens is 416 g/mol. The molecule has 0 radical (unpaired) electrons. The minimum atomic E-state index is -0.236. The maximum Gasteiger partial charge on any atom is 0.281 e. The van der Waals surface area contributed by atoms with E-state index in [9.17, 15) is 4.79 Å². The molecule has 170 valence electrons. The number of aryl methyl sites for hydroxylation is 1. The Hall–Kier alpha value is -3.46. The molecule has 9 nitrogen and oxygen atoms in total. The van der Waals surface area contributed by atoms with E-state index in [0.29, 0.717) is 12.4 Å². The van der Waals surface area contributed by atoms with Gasteiger partial charge in [0, 0.05) is 38.3 Å². The van der Waals surface area contributed by atoms with Gasteiger partial charge in [-0.15, -0.1) is 0 Å². The average molecular weight is 445 g/mol. The molecule has 1 amide bonds.